The van der Waals surface area contributed by atoms with Crippen LogP contribution in [0.3, 0.4) is 0 Å². The zero-order valence-electron chi connectivity index (χ0n) is 16.7. The van der Waals surface area contributed by atoms with Gasteiger partial charge < -0.3 is 9.47 Å². The molecule has 136 valence electrons. The zero-order valence-corrected chi connectivity index (χ0v) is 18.7. The molecular formula is C22H28O2Si2. The van der Waals surface area contributed by atoms with Crippen molar-refractivity contribution in [3.63, 3.8) is 0 Å². The number of fused-ring (bicyclic) bond motifs is 5. The van der Waals surface area contributed by atoms with Gasteiger partial charge in [0.1, 0.15) is 24.7 Å². The van der Waals surface area contributed by atoms with E-state index in [0.29, 0.717) is 13.2 Å². The third kappa shape index (κ3) is 2.76. The first-order chi connectivity index (χ1) is 12.2. The number of benzene rings is 2. The maximum Gasteiger partial charge on any atom is 0.127 e. The Morgan fingerprint density at radius 3 is 1.46 bits per heavy atom. The fourth-order valence-corrected chi connectivity index (χ4v) is 7.54. The highest BCUT2D eigenvalue weighted by atomic mass is 28.3. The predicted molar refractivity (Wildman–Crippen MR) is 118 cm³/mol. The molecule has 0 radical (unpaired) electrons. The van der Waals surface area contributed by atoms with E-state index in [2.05, 4.69) is 75.7 Å². The minimum Gasteiger partial charge on any atom is -0.489 e. The molecular weight excluding hydrogens is 352 g/mol. The van der Waals surface area contributed by atoms with Crippen LogP contribution in [0.5, 0.6) is 11.5 Å². The summed E-state index contributed by atoms with van der Waals surface area (Å²) in [6.07, 6.45) is 4.63. The number of rotatable bonds is 2. The van der Waals surface area contributed by atoms with Crippen LogP contribution in [-0.4, -0.2) is 29.4 Å². The van der Waals surface area contributed by atoms with Crippen LogP contribution in [0.1, 0.15) is 11.1 Å². The third-order valence-corrected chi connectivity index (χ3v) is 9.46. The molecule has 0 bridgehead atoms. The van der Waals surface area contributed by atoms with Gasteiger partial charge in [0.15, 0.2) is 0 Å². The SMILES string of the molecule is C[Si](C)(C)C1=CCOc2ccc3ccc4c(c3c21)C([Si](C)(C)C)=CCO4. The average Bonchev–Trinajstić information content (AvgIpc) is 2.58. The summed E-state index contributed by atoms with van der Waals surface area (Å²) >= 11 is 0. The van der Waals surface area contributed by atoms with Crippen molar-refractivity contribution in [1.82, 2.24) is 0 Å². The van der Waals surface area contributed by atoms with Crippen molar-refractivity contribution in [3.05, 3.63) is 47.5 Å². The molecule has 0 saturated carbocycles. The molecule has 0 fully saturated rings. The Kier molecular flexibility index (Phi) is 3.97. The summed E-state index contributed by atoms with van der Waals surface area (Å²) < 4.78 is 12.1. The Morgan fingerprint density at radius 2 is 1.08 bits per heavy atom. The van der Waals surface area contributed by atoms with Gasteiger partial charge in [0, 0.05) is 16.5 Å². The van der Waals surface area contributed by atoms with Crippen LogP contribution in [0.15, 0.2) is 36.4 Å². The first-order valence-corrected chi connectivity index (χ1v) is 16.5. The van der Waals surface area contributed by atoms with E-state index in [4.69, 9.17) is 9.47 Å². The van der Waals surface area contributed by atoms with Gasteiger partial charge in [-0.1, -0.05) is 51.4 Å². The zero-order chi connectivity index (χ0) is 18.7. The van der Waals surface area contributed by atoms with E-state index in [1.807, 2.05) is 0 Å². The molecule has 2 aromatic rings. The van der Waals surface area contributed by atoms with Crippen LogP contribution >= 0.6 is 0 Å². The lowest BCUT2D eigenvalue weighted by atomic mass is 9.95. The van der Waals surface area contributed by atoms with Gasteiger partial charge in [0.2, 0.25) is 0 Å². The highest BCUT2D eigenvalue weighted by Crippen LogP contribution is 2.47. The van der Waals surface area contributed by atoms with Crippen LogP contribution in [0.2, 0.25) is 39.3 Å². The molecule has 0 aliphatic carbocycles. The summed E-state index contributed by atoms with van der Waals surface area (Å²) in [5, 5.41) is 5.64. The number of hydrogen-bond acceptors (Lipinski definition) is 2. The van der Waals surface area contributed by atoms with Crippen LogP contribution < -0.4 is 9.47 Å². The second-order valence-electron chi connectivity index (χ2n) is 9.33. The minimum atomic E-state index is -1.51. The summed E-state index contributed by atoms with van der Waals surface area (Å²) in [4.78, 5) is 0. The van der Waals surface area contributed by atoms with Crippen molar-refractivity contribution in [2.75, 3.05) is 13.2 Å². The molecule has 0 aromatic heterocycles. The van der Waals surface area contributed by atoms with E-state index >= 15 is 0 Å². The molecule has 0 amide bonds. The molecule has 26 heavy (non-hydrogen) atoms. The van der Waals surface area contributed by atoms with Crippen LogP contribution in [0.4, 0.5) is 0 Å². The third-order valence-electron chi connectivity index (χ3n) is 5.32. The summed E-state index contributed by atoms with van der Waals surface area (Å²) in [5.74, 6) is 2.07. The molecule has 2 aliphatic heterocycles. The van der Waals surface area contributed by atoms with Crippen molar-refractivity contribution in [1.29, 1.82) is 0 Å². The Hall–Kier alpha value is -1.79. The fraction of sp³-hybridized carbons (Fsp3) is 0.364. The summed E-state index contributed by atoms with van der Waals surface area (Å²) in [6, 6.07) is 8.72. The van der Waals surface area contributed by atoms with Gasteiger partial charge >= 0.3 is 0 Å². The van der Waals surface area contributed by atoms with Crippen molar-refractivity contribution in [3.8, 4) is 11.5 Å². The molecule has 4 rings (SSSR count). The van der Waals surface area contributed by atoms with Crippen molar-refractivity contribution < 1.29 is 9.47 Å². The van der Waals surface area contributed by atoms with Crippen molar-refractivity contribution >= 4 is 37.3 Å². The lowest BCUT2D eigenvalue weighted by molar-refractivity contribution is 0.357. The normalized spacial score (nSPS) is 16.8. The first kappa shape index (κ1) is 17.6. The molecule has 2 aliphatic rings. The Bertz CT molecular complexity index is 882. The van der Waals surface area contributed by atoms with Gasteiger partial charge in [-0.2, -0.15) is 0 Å². The van der Waals surface area contributed by atoms with Gasteiger partial charge in [0.25, 0.3) is 0 Å². The second kappa shape index (κ2) is 5.86. The fourth-order valence-electron chi connectivity index (χ4n) is 4.15. The lowest BCUT2D eigenvalue weighted by Crippen LogP contribution is -2.28. The van der Waals surface area contributed by atoms with E-state index in [1.54, 1.807) is 0 Å². The molecule has 2 aromatic carbocycles. The lowest BCUT2D eigenvalue weighted by Gasteiger charge is -2.32. The molecule has 4 heteroatoms. The van der Waals surface area contributed by atoms with Crippen LogP contribution in [0.25, 0.3) is 21.2 Å². The monoisotopic (exact) mass is 380 g/mol. The van der Waals surface area contributed by atoms with Gasteiger partial charge in [0.05, 0.1) is 16.1 Å². The van der Waals surface area contributed by atoms with E-state index in [9.17, 15) is 0 Å². The second-order valence-corrected chi connectivity index (χ2v) is 19.4. The van der Waals surface area contributed by atoms with Crippen molar-refractivity contribution in [2.45, 2.75) is 39.3 Å². The number of ether oxygens (including phenoxy) is 2. The van der Waals surface area contributed by atoms with E-state index in [0.717, 1.165) is 11.5 Å². The minimum absolute atomic E-state index is 0.681. The first-order valence-electron chi connectivity index (χ1n) is 9.45. The molecule has 0 N–H and O–H groups in total. The predicted octanol–water partition coefficient (Wildman–Crippen LogP) is 6.15. The van der Waals surface area contributed by atoms with Crippen LogP contribution in [-0.2, 0) is 0 Å². The van der Waals surface area contributed by atoms with Gasteiger partial charge in [-0.25, -0.2) is 0 Å². The van der Waals surface area contributed by atoms with E-state index < -0.39 is 16.1 Å². The Balaban J connectivity index is 2.14. The summed E-state index contributed by atoms with van der Waals surface area (Å²) in [7, 11) is -3.01. The standard InChI is InChI=1S/C22H28O2Si2/c1-25(2,3)18-11-13-23-16-9-7-15-8-10-17-22(20(15)21(16)18)19(12-14-24-17)26(4,5)6/h7-12H,13-14H2,1-6H3. The summed E-state index contributed by atoms with van der Waals surface area (Å²) in [6.45, 7) is 15.9. The molecule has 0 spiro atoms. The maximum atomic E-state index is 6.07. The largest absolute Gasteiger partial charge is 0.489 e. The molecule has 0 atom stereocenters. The molecule has 0 saturated heterocycles. The molecule has 0 unspecified atom stereocenters. The topological polar surface area (TPSA) is 18.5 Å². The van der Waals surface area contributed by atoms with E-state index in [-0.39, 0.29) is 0 Å². The molecule has 2 nitrogen and oxygen atoms in total. The highest BCUT2D eigenvalue weighted by Gasteiger charge is 2.33. The smallest absolute Gasteiger partial charge is 0.127 e. The van der Waals surface area contributed by atoms with Gasteiger partial charge in [-0.15, -0.1) is 0 Å². The number of hydrogen-bond donors (Lipinski definition) is 0. The van der Waals surface area contributed by atoms with Gasteiger partial charge in [-0.3, -0.25) is 0 Å². The van der Waals surface area contributed by atoms with Gasteiger partial charge in [-0.05, 0) is 40.1 Å². The van der Waals surface area contributed by atoms with E-state index in [1.165, 1.54) is 32.3 Å². The Labute approximate surface area is 158 Å². The van der Waals surface area contributed by atoms with Crippen LogP contribution in [0, 0.1) is 0 Å². The Morgan fingerprint density at radius 1 is 0.654 bits per heavy atom. The highest BCUT2D eigenvalue weighted by molar-refractivity contribution is 6.95. The molecule has 2 heterocycles. The van der Waals surface area contributed by atoms with Crippen molar-refractivity contribution in [2.24, 2.45) is 0 Å². The quantitative estimate of drug-likeness (QED) is 0.582. The average molecular weight is 381 g/mol. The summed E-state index contributed by atoms with van der Waals surface area (Å²) in [5.41, 5.74) is 2.64. The maximum absolute atomic E-state index is 6.07.